The van der Waals surface area contributed by atoms with Crippen LogP contribution >= 0.6 is 11.6 Å². The first kappa shape index (κ1) is 12.0. The van der Waals surface area contributed by atoms with Gasteiger partial charge in [0, 0.05) is 6.42 Å². The van der Waals surface area contributed by atoms with E-state index >= 15 is 0 Å². The topological polar surface area (TPSA) is 17.1 Å². The van der Waals surface area contributed by atoms with Crippen LogP contribution in [0, 0.1) is 5.92 Å². The summed E-state index contributed by atoms with van der Waals surface area (Å²) in [5, 5.41) is -0.190. The molecule has 0 radical (unpaired) electrons. The second kappa shape index (κ2) is 7.60. The lowest BCUT2D eigenvalue weighted by molar-refractivity contribution is -0.111. The van der Waals surface area contributed by atoms with Gasteiger partial charge in [0.05, 0.1) is 0 Å². The van der Waals surface area contributed by atoms with Gasteiger partial charge in [-0.3, -0.25) is 4.79 Å². The first-order valence-corrected chi connectivity index (χ1v) is 5.26. The molecule has 12 heavy (non-hydrogen) atoms. The molecule has 0 aromatic heterocycles. The van der Waals surface area contributed by atoms with Crippen LogP contribution in [0.15, 0.2) is 0 Å². The highest BCUT2D eigenvalue weighted by molar-refractivity contribution is 6.63. The summed E-state index contributed by atoms with van der Waals surface area (Å²) in [6, 6.07) is 0. The molecule has 2 heteroatoms. The Morgan fingerprint density at radius 3 is 2.42 bits per heavy atom. The monoisotopic (exact) mass is 190 g/mol. The average Bonchev–Trinajstić information content (AvgIpc) is 2.05. The molecular weight excluding hydrogens is 172 g/mol. The van der Waals surface area contributed by atoms with Gasteiger partial charge in [-0.1, -0.05) is 39.5 Å². The van der Waals surface area contributed by atoms with Gasteiger partial charge >= 0.3 is 0 Å². The van der Waals surface area contributed by atoms with Crippen LogP contribution < -0.4 is 0 Å². The predicted molar refractivity (Wildman–Crippen MR) is 53.4 cm³/mol. The maximum absolute atomic E-state index is 10.5. The third-order valence-electron chi connectivity index (χ3n) is 2.29. The lowest BCUT2D eigenvalue weighted by Crippen LogP contribution is -2.00. The summed E-state index contributed by atoms with van der Waals surface area (Å²) in [7, 11) is 0. The molecule has 0 unspecified atom stereocenters. The molecule has 0 aliphatic carbocycles. The summed E-state index contributed by atoms with van der Waals surface area (Å²) in [6.45, 7) is 4.37. The van der Waals surface area contributed by atoms with E-state index < -0.39 is 0 Å². The standard InChI is InChI=1S/C10H19ClO/c1-3-5-6-9(4-2)7-8-10(11)12/h9H,3-8H2,1-2H3/t9-/m0/s1. The molecule has 0 saturated heterocycles. The molecule has 72 valence electrons. The Kier molecular flexibility index (Phi) is 7.58. The summed E-state index contributed by atoms with van der Waals surface area (Å²) in [6.07, 6.45) is 6.45. The molecule has 0 aromatic carbocycles. The summed E-state index contributed by atoms with van der Waals surface area (Å²) in [5.74, 6) is 0.702. The molecule has 0 fully saturated rings. The fourth-order valence-corrected chi connectivity index (χ4v) is 1.47. The van der Waals surface area contributed by atoms with E-state index in [0.717, 1.165) is 6.42 Å². The van der Waals surface area contributed by atoms with Crippen molar-refractivity contribution in [3.05, 3.63) is 0 Å². The molecule has 0 amide bonds. The average molecular weight is 191 g/mol. The molecule has 0 saturated carbocycles. The van der Waals surface area contributed by atoms with Crippen molar-refractivity contribution in [2.45, 2.75) is 52.4 Å². The minimum Gasteiger partial charge on any atom is -0.281 e. The van der Waals surface area contributed by atoms with Crippen molar-refractivity contribution in [3.63, 3.8) is 0 Å². The van der Waals surface area contributed by atoms with Crippen molar-refractivity contribution in [1.82, 2.24) is 0 Å². The van der Waals surface area contributed by atoms with Crippen LogP contribution in [0.1, 0.15) is 52.4 Å². The van der Waals surface area contributed by atoms with E-state index in [1.54, 1.807) is 0 Å². The number of carbonyl (C=O) groups is 1. The number of carbonyl (C=O) groups excluding carboxylic acids is 1. The molecule has 1 nitrogen and oxygen atoms in total. The molecule has 0 spiro atoms. The van der Waals surface area contributed by atoms with Gasteiger partial charge in [0.1, 0.15) is 0 Å². The van der Waals surface area contributed by atoms with Crippen molar-refractivity contribution >= 4 is 16.8 Å². The largest absolute Gasteiger partial charge is 0.281 e. The van der Waals surface area contributed by atoms with Crippen LogP contribution in [-0.2, 0) is 4.79 Å². The van der Waals surface area contributed by atoms with E-state index in [0.29, 0.717) is 12.3 Å². The van der Waals surface area contributed by atoms with E-state index in [1.165, 1.54) is 25.7 Å². The molecule has 0 heterocycles. The molecule has 1 atom stereocenters. The Labute approximate surface area is 80.5 Å². The Hall–Kier alpha value is -0.0400. The van der Waals surface area contributed by atoms with Gasteiger partial charge in [-0.15, -0.1) is 0 Å². The van der Waals surface area contributed by atoms with Gasteiger partial charge in [-0.05, 0) is 23.9 Å². The third kappa shape index (κ3) is 6.66. The molecule has 0 N–H and O–H groups in total. The Bertz CT molecular complexity index is 123. The number of rotatable bonds is 7. The van der Waals surface area contributed by atoms with E-state index in [1.807, 2.05) is 0 Å². The number of hydrogen-bond donors (Lipinski definition) is 0. The van der Waals surface area contributed by atoms with Crippen molar-refractivity contribution in [2.75, 3.05) is 0 Å². The van der Waals surface area contributed by atoms with Crippen LogP contribution in [0.5, 0.6) is 0 Å². The van der Waals surface area contributed by atoms with Gasteiger partial charge in [0.2, 0.25) is 5.24 Å². The van der Waals surface area contributed by atoms with E-state index in [4.69, 9.17) is 11.6 Å². The number of halogens is 1. The van der Waals surface area contributed by atoms with Crippen LogP contribution in [0.4, 0.5) is 0 Å². The van der Waals surface area contributed by atoms with Crippen molar-refractivity contribution < 1.29 is 4.79 Å². The second-order valence-electron chi connectivity index (χ2n) is 3.31. The minimum absolute atomic E-state index is 0.190. The zero-order chi connectivity index (χ0) is 9.40. The Balaban J connectivity index is 3.45. The van der Waals surface area contributed by atoms with Gasteiger partial charge in [-0.2, -0.15) is 0 Å². The summed E-state index contributed by atoms with van der Waals surface area (Å²) in [5.41, 5.74) is 0. The van der Waals surface area contributed by atoms with Crippen LogP contribution in [0.25, 0.3) is 0 Å². The normalized spacial score (nSPS) is 12.9. The van der Waals surface area contributed by atoms with Crippen molar-refractivity contribution in [1.29, 1.82) is 0 Å². The molecular formula is C10H19ClO. The van der Waals surface area contributed by atoms with E-state index in [2.05, 4.69) is 13.8 Å². The zero-order valence-electron chi connectivity index (χ0n) is 8.11. The Morgan fingerprint density at radius 2 is 2.00 bits per heavy atom. The number of unbranched alkanes of at least 4 members (excludes halogenated alkanes) is 1. The highest BCUT2D eigenvalue weighted by Gasteiger charge is 2.07. The van der Waals surface area contributed by atoms with Crippen LogP contribution in [0.2, 0.25) is 0 Å². The van der Waals surface area contributed by atoms with Gasteiger partial charge in [0.15, 0.2) is 0 Å². The van der Waals surface area contributed by atoms with Crippen LogP contribution in [-0.4, -0.2) is 5.24 Å². The highest BCUT2D eigenvalue weighted by atomic mass is 35.5. The lowest BCUT2D eigenvalue weighted by Gasteiger charge is -2.12. The highest BCUT2D eigenvalue weighted by Crippen LogP contribution is 2.18. The van der Waals surface area contributed by atoms with E-state index in [-0.39, 0.29) is 5.24 Å². The lowest BCUT2D eigenvalue weighted by atomic mass is 9.95. The molecule has 0 aliphatic heterocycles. The maximum atomic E-state index is 10.5. The smallest absolute Gasteiger partial charge is 0.221 e. The fraction of sp³-hybridized carbons (Fsp3) is 0.900. The van der Waals surface area contributed by atoms with Crippen molar-refractivity contribution in [2.24, 2.45) is 5.92 Å². The molecule has 0 rings (SSSR count). The summed E-state index contributed by atoms with van der Waals surface area (Å²) < 4.78 is 0. The predicted octanol–water partition coefficient (Wildman–Crippen LogP) is 3.75. The summed E-state index contributed by atoms with van der Waals surface area (Å²) >= 11 is 5.27. The third-order valence-corrected chi connectivity index (χ3v) is 2.48. The maximum Gasteiger partial charge on any atom is 0.221 e. The first-order valence-electron chi connectivity index (χ1n) is 4.89. The van der Waals surface area contributed by atoms with Crippen molar-refractivity contribution in [3.8, 4) is 0 Å². The molecule has 0 bridgehead atoms. The second-order valence-corrected chi connectivity index (χ2v) is 3.73. The SMILES string of the molecule is CCCC[C@H](CC)CCC(=O)Cl. The van der Waals surface area contributed by atoms with Gasteiger partial charge in [-0.25, -0.2) is 0 Å². The van der Waals surface area contributed by atoms with Gasteiger partial charge in [0.25, 0.3) is 0 Å². The Morgan fingerprint density at radius 1 is 1.33 bits per heavy atom. The van der Waals surface area contributed by atoms with E-state index in [9.17, 15) is 4.79 Å². The summed E-state index contributed by atoms with van der Waals surface area (Å²) in [4.78, 5) is 10.5. The minimum atomic E-state index is -0.190. The fourth-order valence-electron chi connectivity index (χ4n) is 1.36. The molecule has 0 aromatic rings. The number of hydrogen-bond acceptors (Lipinski definition) is 1. The first-order chi connectivity index (χ1) is 5.70. The quantitative estimate of drug-likeness (QED) is 0.559. The zero-order valence-corrected chi connectivity index (χ0v) is 8.86. The molecule has 0 aliphatic rings. The van der Waals surface area contributed by atoms with Crippen LogP contribution in [0.3, 0.4) is 0 Å². The van der Waals surface area contributed by atoms with Gasteiger partial charge < -0.3 is 0 Å².